The van der Waals surface area contributed by atoms with Gasteiger partial charge in [0.2, 0.25) is 11.7 Å². The van der Waals surface area contributed by atoms with Gasteiger partial charge in [-0.2, -0.15) is 4.80 Å². The summed E-state index contributed by atoms with van der Waals surface area (Å²) in [6, 6.07) is 9.52. The van der Waals surface area contributed by atoms with Gasteiger partial charge in [0, 0.05) is 13.2 Å². The van der Waals surface area contributed by atoms with E-state index < -0.39 is 17.6 Å². The van der Waals surface area contributed by atoms with Gasteiger partial charge < -0.3 is 10.1 Å². The van der Waals surface area contributed by atoms with Crippen LogP contribution in [0.3, 0.4) is 0 Å². The van der Waals surface area contributed by atoms with Crippen molar-refractivity contribution in [1.29, 1.82) is 0 Å². The fraction of sp³-hybridized carbons (Fsp3) is 0.350. The van der Waals surface area contributed by atoms with E-state index >= 15 is 0 Å². The summed E-state index contributed by atoms with van der Waals surface area (Å²) >= 11 is 1.45. The largest absolute Gasteiger partial charge is 0.376 e. The second-order valence-corrected chi connectivity index (χ2v) is 7.94. The van der Waals surface area contributed by atoms with Crippen molar-refractivity contribution >= 4 is 28.8 Å². The first kappa shape index (κ1) is 21.1. The number of carbonyl (C=O) groups excluding carboxylic acids is 2. The Morgan fingerprint density at radius 2 is 2.16 bits per heavy atom. The maximum absolute atomic E-state index is 14.4. The van der Waals surface area contributed by atoms with E-state index in [1.807, 2.05) is 17.5 Å². The van der Waals surface area contributed by atoms with Crippen LogP contribution in [0.1, 0.15) is 12.8 Å². The van der Waals surface area contributed by atoms with Crippen molar-refractivity contribution in [2.45, 2.75) is 25.5 Å². The minimum atomic E-state index is -0.603. The number of nitrogens with one attached hydrogen (secondary N) is 1. The molecule has 31 heavy (non-hydrogen) atoms. The molecule has 0 bridgehead atoms. The van der Waals surface area contributed by atoms with Crippen LogP contribution in [0, 0.1) is 5.82 Å². The van der Waals surface area contributed by atoms with Crippen LogP contribution < -0.4 is 10.2 Å². The lowest BCUT2D eigenvalue weighted by atomic mass is 10.2. The number of aromatic nitrogens is 4. The molecule has 3 heterocycles. The molecule has 0 radical (unpaired) electrons. The highest BCUT2D eigenvalue weighted by Crippen LogP contribution is 2.21. The molecule has 1 aliphatic heterocycles. The molecular weight excluding hydrogens is 423 g/mol. The smallest absolute Gasteiger partial charge is 0.251 e. The van der Waals surface area contributed by atoms with Gasteiger partial charge in [-0.1, -0.05) is 18.2 Å². The Kier molecular flexibility index (Phi) is 6.63. The summed E-state index contributed by atoms with van der Waals surface area (Å²) in [5.74, 6) is -1.14. The standard InChI is InChI=1S/C20H21FN6O3S/c21-15-6-1-2-7-16(15)26(12-18(28)22-11-14-5-3-9-30-14)19(29)13-27-24-20(23-25-27)17-8-4-10-31-17/h1-2,4,6-8,10,14H,3,5,9,11-13H2,(H,22,28)/t14-/m1/s1. The van der Waals surface area contributed by atoms with Crippen molar-refractivity contribution in [3.05, 3.63) is 47.6 Å². The first-order valence-electron chi connectivity index (χ1n) is 9.85. The summed E-state index contributed by atoms with van der Waals surface area (Å²) in [6.07, 6.45) is 1.80. The molecule has 1 N–H and O–H groups in total. The average molecular weight is 444 g/mol. The minimum Gasteiger partial charge on any atom is -0.376 e. The Hall–Kier alpha value is -3.18. The number of ether oxygens (including phenoxy) is 1. The zero-order valence-corrected chi connectivity index (χ0v) is 17.4. The molecule has 0 aliphatic carbocycles. The Morgan fingerprint density at radius 1 is 1.29 bits per heavy atom. The molecule has 2 aromatic heterocycles. The molecule has 1 atom stereocenters. The third kappa shape index (κ3) is 5.30. The molecule has 1 aromatic carbocycles. The number of hydrogen-bond acceptors (Lipinski definition) is 7. The van der Waals surface area contributed by atoms with E-state index in [0.717, 1.165) is 27.4 Å². The lowest BCUT2D eigenvalue weighted by Gasteiger charge is -2.23. The van der Waals surface area contributed by atoms with Crippen LogP contribution in [0.15, 0.2) is 41.8 Å². The third-order valence-corrected chi connectivity index (χ3v) is 5.63. The molecule has 0 saturated carbocycles. The molecule has 0 unspecified atom stereocenters. The maximum Gasteiger partial charge on any atom is 0.251 e. The van der Waals surface area contributed by atoms with Crippen LogP contribution >= 0.6 is 11.3 Å². The zero-order valence-electron chi connectivity index (χ0n) is 16.6. The number of carbonyl (C=O) groups is 2. The van der Waals surface area contributed by atoms with E-state index in [9.17, 15) is 14.0 Å². The number of tetrazole rings is 1. The number of halogens is 1. The van der Waals surface area contributed by atoms with Gasteiger partial charge in [-0.05, 0) is 41.6 Å². The van der Waals surface area contributed by atoms with Crippen molar-refractivity contribution < 1.29 is 18.7 Å². The second kappa shape index (κ2) is 9.75. The minimum absolute atomic E-state index is 0.0124. The zero-order chi connectivity index (χ0) is 21.6. The summed E-state index contributed by atoms with van der Waals surface area (Å²) in [5.41, 5.74) is 0.0124. The van der Waals surface area contributed by atoms with Gasteiger partial charge in [0.15, 0.2) is 0 Å². The Bertz CT molecular complexity index is 1040. The summed E-state index contributed by atoms with van der Waals surface area (Å²) in [7, 11) is 0. The van der Waals surface area contributed by atoms with Gasteiger partial charge in [0.05, 0.1) is 16.7 Å². The predicted molar refractivity (Wildman–Crippen MR) is 112 cm³/mol. The number of benzene rings is 1. The van der Waals surface area contributed by atoms with E-state index in [1.54, 1.807) is 6.07 Å². The van der Waals surface area contributed by atoms with Crippen LogP contribution in [0.5, 0.6) is 0 Å². The molecule has 1 aliphatic rings. The highest BCUT2D eigenvalue weighted by atomic mass is 32.1. The van der Waals surface area contributed by atoms with Crippen LogP contribution in [0.2, 0.25) is 0 Å². The SMILES string of the molecule is O=C(CN(C(=O)Cn1nnc(-c2cccs2)n1)c1ccccc1F)NC[C@H]1CCCO1. The topological polar surface area (TPSA) is 102 Å². The normalized spacial score (nSPS) is 15.7. The highest BCUT2D eigenvalue weighted by molar-refractivity contribution is 7.13. The van der Waals surface area contributed by atoms with Crippen molar-refractivity contribution in [3.8, 4) is 10.7 Å². The van der Waals surface area contributed by atoms with E-state index in [-0.39, 0.29) is 24.9 Å². The molecular formula is C20H21FN6O3S. The number of amides is 2. The monoisotopic (exact) mass is 444 g/mol. The number of thiophene rings is 1. The number of para-hydroxylation sites is 1. The van der Waals surface area contributed by atoms with Gasteiger partial charge in [0.1, 0.15) is 18.9 Å². The number of nitrogens with zero attached hydrogens (tertiary/aromatic N) is 5. The number of anilines is 1. The van der Waals surface area contributed by atoms with Crippen molar-refractivity contribution in [3.63, 3.8) is 0 Å². The summed E-state index contributed by atoms with van der Waals surface area (Å²) in [5, 5.41) is 16.7. The Morgan fingerprint density at radius 3 is 2.90 bits per heavy atom. The summed E-state index contributed by atoms with van der Waals surface area (Å²) in [4.78, 5) is 28.5. The molecule has 2 amide bonds. The molecule has 11 heteroatoms. The maximum atomic E-state index is 14.4. The first-order chi connectivity index (χ1) is 15.1. The molecule has 1 fully saturated rings. The lowest BCUT2D eigenvalue weighted by Crippen LogP contribution is -2.44. The molecule has 162 valence electrons. The van der Waals surface area contributed by atoms with Crippen LogP contribution in [-0.2, 0) is 20.9 Å². The molecule has 3 aromatic rings. The van der Waals surface area contributed by atoms with E-state index in [2.05, 4.69) is 20.7 Å². The number of hydrogen-bond donors (Lipinski definition) is 1. The fourth-order valence-corrected chi connectivity index (χ4v) is 3.88. The van der Waals surface area contributed by atoms with E-state index in [1.165, 1.54) is 29.5 Å². The summed E-state index contributed by atoms with van der Waals surface area (Å²) in [6.45, 7) is 0.413. The Labute approximate surface area is 181 Å². The predicted octanol–water partition coefficient (Wildman–Crippen LogP) is 1.87. The molecule has 9 nitrogen and oxygen atoms in total. The number of rotatable bonds is 8. The lowest BCUT2D eigenvalue weighted by molar-refractivity contribution is -0.124. The van der Waals surface area contributed by atoms with E-state index in [0.29, 0.717) is 19.0 Å². The van der Waals surface area contributed by atoms with Gasteiger partial charge in [-0.25, -0.2) is 4.39 Å². The third-order valence-electron chi connectivity index (χ3n) is 4.77. The van der Waals surface area contributed by atoms with Gasteiger partial charge in [0.25, 0.3) is 5.91 Å². The molecule has 0 spiro atoms. The Balaban J connectivity index is 1.46. The van der Waals surface area contributed by atoms with Crippen LogP contribution in [0.25, 0.3) is 10.7 Å². The van der Waals surface area contributed by atoms with Gasteiger partial charge in [-0.3, -0.25) is 14.5 Å². The molecule has 4 rings (SSSR count). The van der Waals surface area contributed by atoms with Crippen molar-refractivity contribution in [2.24, 2.45) is 0 Å². The highest BCUT2D eigenvalue weighted by Gasteiger charge is 2.24. The van der Waals surface area contributed by atoms with E-state index in [4.69, 9.17) is 4.74 Å². The first-order valence-corrected chi connectivity index (χ1v) is 10.7. The van der Waals surface area contributed by atoms with Gasteiger partial charge in [-0.15, -0.1) is 21.5 Å². The quantitative estimate of drug-likeness (QED) is 0.569. The summed E-state index contributed by atoms with van der Waals surface area (Å²) < 4.78 is 19.9. The fourth-order valence-electron chi connectivity index (χ4n) is 3.23. The van der Waals surface area contributed by atoms with Crippen molar-refractivity contribution in [2.75, 3.05) is 24.6 Å². The van der Waals surface area contributed by atoms with Gasteiger partial charge >= 0.3 is 0 Å². The van der Waals surface area contributed by atoms with Crippen molar-refractivity contribution in [1.82, 2.24) is 25.5 Å². The van der Waals surface area contributed by atoms with Crippen LogP contribution in [-0.4, -0.2) is 57.8 Å². The second-order valence-electron chi connectivity index (χ2n) is 6.99. The van der Waals surface area contributed by atoms with Crippen LogP contribution in [0.4, 0.5) is 10.1 Å². The average Bonchev–Trinajstić information content (AvgIpc) is 3.53. The molecule has 1 saturated heterocycles.